The molecule has 0 N–H and O–H groups in total. The quantitative estimate of drug-likeness (QED) is 0.428. The van der Waals surface area contributed by atoms with Gasteiger partial charge in [0.2, 0.25) is 0 Å². The summed E-state index contributed by atoms with van der Waals surface area (Å²) in [5.41, 5.74) is 0.147. The molecule has 0 fully saturated rings. The molecule has 0 radical (unpaired) electrons. The van der Waals surface area contributed by atoms with Gasteiger partial charge in [0.25, 0.3) is 5.69 Å². The lowest BCUT2D eigenvalue weighted by atomic mass is 10.3. The molecule has 0 saturated carbocycles. The van der Waals surface area contributed by atoms with Gasteiger partial charge in [-0.2, -0.15) is 0 Å². The van der Waals surface area contributed by atoms with Crippen molar-refractivity contribution < 1.29 is 4.92 Å². The number of non-ortho nitro benzene ring substituents is 1. The molecule has 0 aliphatic rings. The Balaban J connectivity index is 2.88. The minimum atomic E-state index is -0.385. The molecule has 0 aromatic heterocycles. The van der Waals surface area contributed by atoms with Crippen LogP contribution in [0.3, 0.4) is 0 Å². The first-order chi connectivity index (χ1) is 5.74. The van der Waals surface area contributed by atoms with Crippen molar-refractivity contribution in [3.8, 4) is 0 Å². The van der Waals surface area contributed by atoms with Crippen LogP contribution in [0.4, 0.5) is 5.69 Å². The summed E-state index contributed by atoms with van der Waals surface area (Å²) >= 11 is 0. The van der Waals surface area contributed by atoms with Crippen molar-refractivity contribution >= 4 is 27.3 Å². The molecule has 5 heteroatoms. The molecule has 0 amide bonds. The molecule has 1 rings (SSSR count). The van der Waals surface area contributed by atoms with Gasteiger partial charge in [-0.05, 0) is 12.3 Å². The zero-order valence-electron chi connectivity index (χ0n) is 6.39. The van der Waals surface area contributed by atoms with E-state index in [1.165, 1.54) is 16.9 Å². The Bertz CT molecular complexity index is 290. The predicted octanol–water partition coefficient (Wildman–Crippen LogP) is 2.96. The van der Waals surface area contributed by atoms with E-state index in [4.69, 9.17) is 0 Å². The minimum absolute atomic E-state index is 0.147. The zero-order chi connectivity index (χ0) is 8.97. The van der Waals surface area contributed by atoms with Crippen LogP contribution < -0.4 is 0 Å². The lowest BCUT2D eigenvalue weighted by Crippen LogP contribution is -1.86. The van der Waals surface area contributed by atoms with E-state index < -0.39 is 0 Å². The fraction of sp³-hybridized carbons (Fsp3) is 0.143. The summed E-state index contributed by atoms with van der Waals surface area (Å²) in [6.07, 6.45) is 1.93. The van der Waals surface area contributed by atoms with E-state index in [0.717, 1.165) is 4.90 Å². The van der Waals surface area contributed by atoms with Gasteiger partial charge in [-0.3, -0.25) is 10.1 Å². The van der Waals surface area contributed by atoms with Crippen LogP contribution in [0.25, 0.3) is 0 Å². The SMILES string of the molecule is CSSc1cccc([N+](=O)[O-])c1. The molecule has 0 aliphatic heterocycles. The first-order valence-electron chi connectivity index (χ1n) is 3.19. The van der Waals surface area contributed by atoms with Crippen LogP contribution in [-0.2, 0) is 0 Å². The standard InChI is InChI=1S/C7H7NO2S2/c1-11-12-7-4-2-3-6(5-7)8(9)10/h2-5H,1H3. The monoisotopic (exact) mass is 201 g/mol. The van der Waals surface area contributed by atoms with Gasteiger partial charge in [-0.25, -0.2) is 0 Å². The highest BCUT2D eigenvalue weighted by Gasteiger charge is 2.04. The Morgan fingerprint density at radius 3 is 2.83 bits per heavy atom. The highest BCUT2D eigenvalue weighted by Crippen LogP contribution is 2.30. The molecule has 0 bridgehead atoms. The molecule has 0 atom stereocenters. The Morgan fingerprint density at radius 2 is 2.25 bits per heavy atom. The number of hydrogen-bond donors (Lipinski definition) is 0. The second-order valence-electron chi connectivity index (χ2n) is 2.00. The van der Waals surface area contributed by atoms with Gasteiger partial charge in [-0.1, -0.05) is 27.7 Å². The highest BCUT2D eigenvalue weighted by atomic mass is 33.1. The summed E-state index contributed by atoms with van der Waals surface area (Å²) in [5.74, 6) is 0. The zero-order valence-corrected chi connectivity index (χ0v) is 8.02. The number of nitrogens with zero attached hydrogens (tertiary/aromatic N) is 1. The molecule has 3 nitrogen and oxygen atoms in total. The summed E-state index contributed by atoms with van der Waals surface area (Å²) in [4.78, 5) is 10.9. The first kappa shape index (κ1) is 9.41. The molecule has 0 saturated heterocycles. The number of benzene rings is 1. The lowest BCUT2D eigenvalue weighted by molar-refractivity contribution is -0.385. The van der Waals surface area contributed by atoms with Crippen molar-refractivity contribution in [2.24, 2.45) is 0 Å². The number of hydrogen-bond acceptors (Lipinski definition) is 4. The topological polar surface area (TPSA) is 43.1 Å². The van der Waals surface area contributed by atoms with E-state index in [1.54, 1.807) is 22.9 Å². The van der Waals surface area contributed by atoms with Gasteiger partial charge in [0.1, 0.15) is 0 Å². The Morgan fingerprint density at radius 1 is 1.50 bits per heavy atom. The van der Waals surface area contributed by atoms with Crippen molar-refractivity contribution in [1.29, 1.82) is 0 Å². The van der Waals surface area contributed by atoms with Crippen molar-refractivity contribution in [2.75, 3.05) is 6.26 Å². The van der Waals surface area contributed by atoms with Crippen molar-refractivity contribution in [1.82, 2.24) is 0 Å². The lowest BCUT2D eigenvalue weighted by Gasteiger charge is -1.95. The third-order valence-corrected chi connectivity index (χ3v) is 2.90. The fourth-order valence-corrected chi connectivity index (χ4v) is 2.13. The van der Waals surface area contributed by atoms with Gasteiger partial charge in [-0.15, -0.1) is 0 Å². The van der Waals surface area contributed by atoms with E-state index in [0.29, 0.717) is 0 Å². The molecule has 64 valence electrons. The normalized spacial score (nSPS) is 9.75. The number of nitro groups is 1. The molecular formula is C7H7NO2S2. The summed E-state index contributed by atoms with van der Waals surface area (Å²) < 4.78 is 0. The van der Waals surface area contributed by atoms with E-state index in [1.807, 2.05) is 12.3 Å². The maximum Gasteiger partial charge on any atom is 0.270 e. The molecule has 1 aromatic carbocycles. The smallest absolute Gasteiger partial charge is 0.258 e. The molecule has 0 unspecified atom stereocenters. The molecule has 0 aliphatic carbocycles. The molecule has 0 heterocycles. The van der Waals surface area contributed by atoms with Crippen molar-refractivity contribution in [2.45, 2.75) is 4.90 Å². The van der Waals surface area contributed by atoms with Gasteiger partial charge < -0.3 is 0 Å². The summed E-state index contributed by atoms with van der Waals surface area (Å²) in [6.45, 7) is 0. The van der Waals surface area contributed by atoms with Crippen LogP contribution in [0.15, 0.2) is 29.2 Å². The maximum absolute atomic E-state index is 10.3. The van der Waals surface area contributed by atoms with E-state index in [2.05, 4.69) is 0 Å². The van der Waals surface area contributed by atoms with Gasteiger partial charge in [0, 0.05) is 17.0 Å². The average Bonchev–Trinajstić information content (AvgIpc) is 2.05. The van der Waals surface area contributed by atoms with Crippen LogP contribution >= 0.6 is 21.6 Å². The van der Waals surface area contributed by atoms with Crippen molar-refractivity contribution in [3.05, 3.63) is 34.4 Å². The number of nitro benzene ring substituents is 1. The fourth-order valence-electron chi connectivity index (χ4n) is 0.745. The van der Waals surface area contributed by atoms with Crippen LogP contribution in [0, 0.1) is 10.1 Å². The van der Waals surface area contributed by atoms with Crippen molar-refractivity contribution in [3.63, 3.8) is 0 Å². The third kappa shape index (κ3) is 2.42. The van der Waals surface area contributed by atoms with Crippen LogP contribution in [-0.4, -0.2) is 11.2 Å². The van der Waals surface area contributed by atoms with Gasteiger partial charge >= 0.3 is 0 Å². The second-order valence-corrected chi connectivity index (χ2v) is 4.48. The maximum atomic E-state index is 10.3. The van der Waals surface area contributed by atoms with E-state index in [9.17, 15) is 10.1 Å². The largest absolute Gasteiger partial charge is 0.270 e. The summed E-state index contributed by atoms with van der Waals surface area (Å²) in [7, 11) is 3.09. The molecule has 1 aromatic rings. The third-order valence-electron chi connectivity index (χ3n) is 1.21. The van der Waals surface area contributed by atoms with Crippen LogP contribution in [0.5, 0.6) is 0 Å². The second kappa shape index (κ2) is 4.37. The van der Waals surface area contributed by atoms with E-state index in [-0.39, 0.29) is 10.6 Å². The van der Waals surface area contributed by atoms with Crippen LogP contribution in [0.2, 0.25) is 0 Å². The summed E-state index contributed by atoms with van der Waals surface area (Å²) in [5, 5.41) is 10.3. The predicted molar refractivity (Wildman–Crippen MR) is 52.5 cm³/mol. The Labute approximate surface area is 78.1 Å². The molecule has 12 heavy (non-hydrogen) atoms. The number of rotatable bonds is 3. The average molecular weight is 201 g/mol. The first-order valence-corrected chi connectivity index (χ1v) is 5.75. The van der Waals surface area contributed by atoms with Gasteiger partial charge in [0.05, 0.1) is 4.92 Å². The summed E-state index contributed by atoms with van der Waals surface area (Å²) in [6, 6.07) is 6.61. The molecular weight excluding hydrogens is 194 g/mol. The van der Waals surface area contributed by atoms with Gasteiger partial charge in [0.15, 0.2) is 0 Å². The minimum Gasteiger partial charge on any atom is -0.258 e. The molecule has 0 spiro atoms. The van der Waals surface area contributed by atoms with Crippen LogP contribution in [0.1, 0.15) is 0 Å². The highest BCUT2D eigenvalue weighted by molar-refractivity contribution is 8.76. The Kier molecular flexibility index (Phi) is 3.43. The Hall–Kier alpha value is -0.680. The van der Waals surface area contributed by atoms with E-state index >= 15 is 0 Å².